The summed E-state index contributed by atoms with van der Waals surface area (Å²) in [6.07, 6.45) is -5.31. The summed E-state index contributed by atoms with van der Waals surface area (Å²) in [6, 6.07) is 5.02. The van der Waals surface area contributed by atoms with Crippen LogP contribution in [0, 0.1) is 0 Å². The van der Waals surface area contributed by atoms with Gasteiger partial charge in [0.25, 0.3) is 5.91 Å². The molecule has 2 rings (SSSR count). The zero-order valence-electron chi connectivity index (χ0n) is 14.4. The highest BCUT2D eigenvalue weighted by Gasteiger charge is 2.31. The number of carboxylic acids is 1. The molecule has 0 radical (unpaired) electrons. The molecule has 27 heavy (non-hydrogen) atoms. The molecular formula is C17H17F3N2O5. The van der Waals surface area contributed by atoms with Crippen LogP contribution in [-0.4, -0.2) is 28.5 Å². The Bertz CT molecular complexity index is 800. The number of carboxylic acid groups (broad SMARTS) is 1. The number of carbonyl (C=O) groups excluding carboxylic acids is 1. The van der Waals surface area contributed by atoms with Gasteiger partial charge in [-0.3, -0.25) is 9.59 Å². The molecule has 146 valence electrons. The van der Waals surface area contributed by atoms with Gasteiger partial charge in [0.1, 0.15) is 5.75 Å². The van der Waals surface area contributed by atoms with Gasteiger partial charge >= 0.3 is 12.3 Å². The molecule has 1 unspecified atom stereocenters. The number of rotatable bonds is 7. The Hall–Kier alpha value is -3.04. The van der Waals surface area contributed by atoms with Crippen LogP contribution in [0.1, 0.15) is 54.0 Å². The summed E-state index contributed by atoms with van der Waals surface area (Å²) in [6.45, 7) is 3.72. The van der Waals surface area contributed by atoms with E-state index in [1.54, 1.807) is 0 Å². The lowest BCUT2D eigenvalue weighted by Crippen LogP contribution is -2.30. The van der Waals surface area contributed by atoms with Crippen LogP contribution < -0.4 is 10.1 Å². The minimum Gasteiger partial charge on any atom is -0.481 e. The number of nitrogens with one attached hydrogen (secondary N) is 1. The van der Waals surface area contributed by atoms with Gasteiger partial charge in [-0.1, -0.05) is 31.1 Å². The van der Waals surface area contributed by atoms with Gasteiger partial charge in [0.15, 0.2) is 0 Å². The van der Waals surface area contributed by atoms with E-state index in [4.69, 9.17) is 9.63 Å². The number of hydrogen-bond acceptors (Lipinski definition) is 5. The van der Waals surface area contributed by atoms with Gasteiger partial charge in [0, 0.05) is 6.07 Å². The van der Waals surface area contributed by atoms with Crippen LogP contribution in [0.4, 0.5) is 13.2 Å². The van der Waals surface area contributed by atoms with E-state index in [0.29, 0.717) is 11.3 Å². The molecule has 2 aromatic rings. The molecule has 0 aliphatic carbocycles. The quantitative estimate of drug-likeness (QED) is 0.753. The van der Waals surface area contributed by atoms with E-state index in [1.807, 2.05) is 13.8 Å². The molecule has 2 N–H and O–H groups in total. The third-order valence-electron chi connectivity index (χ3n) is 3.54. The minimum absolute atomic E-state index is 0.0336. The van der Waals surface area contributed by atoms with Crippen LogP contribution in [0.25, 0.3) is 0 Å². The van der Waals surface area contributed by atoms with Crippen molar-refractivity contribution in [3.8, 4) is 5.75 Å². The minimum atomic E-state index is -4.84. The summed E-state index contributed by atoms with van der Waals surface area (Å²) in [5, 5.41) is 15.3. The van der Waals surface area contributed by atoms with Crippen molar-refractivity contribution in [1.29, 1.82) is 0 Å². The lowest BCUT2D eigenvalue weighted by Gasteiger charge is -2.17. The van der Waals surface area contributed by atoms with Gasteiger partial charge < -0.3 is 19.7 Å². The highest BCUT2D eigenvalue weighted by Crippen LogP contribution is 2.26. The molecule has 7 nitrogen and oxygen atoms in total. The molecule has 0 saturated heterocycles. The van der Waals surface area contributed by atoms with E-state index in [9.17, 15) is 22.8 Å². The molecule has 0 aliphatic rings. The molecule has 1 aromatic carbocycles. The smallest absolute Gasteiger partial charge is 0.481 e. The van der Waals surface area contributed by atoms with E-state index >= 15 is 0 Å². The first kappa shape index (κ1) is 20.3. The first-order chi connectivity index (χ1) is 12.5. The molecule has 0 aliphatic heterocycles. The Balaban J connectivity index is 2.16. The van der Waals surface area contributed by atoms with E-state index in [-0.39, 0.29) is 11.7 Å². The number of nitrogens with zero attached hydrogens (tertiary/aromatic N) is 1. The first-order valence-corrected chi connectivity index (χ1v) is 7.90. The second-order valence-electron chi connectivity index (χ2n) is 6.01. The van der Waals surface area contributed by atoms with Crippen molar-refractivity contribution in [1.82, 2.24) is 10.5 Å². The summed E-state index contributed by atoms with van der Waals surface area (Å²) in [7, 11) is 0. The van der Waals surface area contributed by atoms with Crippen molar-refractivity contribution >= 4 is 11.9 Å². The number of alkyl halides is 3. The standard InChI is InChI=1S/C17H17F3N2O5/c1-9(2)12-7-14(27-22-12)16(25)21-13(8-15(23)24)10-3-5-11(6-4-10)26-17(18,19)20/h3-7,9,13H,8H2,1-2H3,(H,21,25)(H,23,24). The summed E-state index contributed by atoms with van der Waals surface area (Å²) in [5.74, 6) is -2.39. The molecule has 0 spiro atoms. The molecule has 1 atom stereocenters. The average Bonchev–Trinajstić information content (AvgIpc) is 3.03. The Kier molecular flexibility index (Phi) is 6.09. The predicted molar refractivity (Wildman–Crippen MR) is 86.2 cm³/mol. The van der Waals surface area contributed by atoms with Crippen molar-refractivity contribution in [3.63, 3.8) is 0 Å². The Morgan fingerprint density at radius 2 is 1.89 bits per heavy atom. The molecule has 1 heterocycles. The van der Waals surface area contributed by atoms with Crippen LogP contribution in [0.15, 0.2) is 34.9 Å². The maximum absolute atomic E-state index is 12.3. The zero-order valence-corrected chi connectivity index (χ0v) is 14.4. The highest BCUT2D eigenvalue weighted by molar-refractivity contribution is 5.92. The number of benzene rings is 1. The fourth-order valence-electron chi connectivity index (χ4n) is 2.23. The van der Waals surface area contributed by atoms with Crippen LogP contribution in [-0.2, 0) is 4.79 Å². The predicted octanol–water partition coefficient (Wildman–Crippen LogP) is 3.64. The van der Waals surface area contributed by atoms with Crippen molar-refractivity contribution < 1.29 is 37.1 Å². The van der Waals surface area contributed by atoms with Gasteiger partial charge in [-0.25, -0.2) is 0 Å². The molecule has 0 saturated carbocycles. The average molecular weight is 386 g/mol. The first-order valence-electron chi connectivity index (χ1n) is 7.90. The number of ether oxygens (including phenoxy) is 1. The van der Waals surface area contributed by atoms with Crippen LogP contribution in [0.3, 0.4) is 0 Å². The van der Waals surface area contributed by atoms with Gasteiger partial charge in [0.05, 0.1) is 18.2 Å². The number of amides is 1. The van der Waals surface area contributed by atoms with Crippen LogP contribution in [0.5, 0.6) is 5.75 Å². The van der Waals surface area contributed by atoms with Crippen molar-refractivity contribution in [3.05, 3.63) is 47.3 Å². The van der Waals surface area contributed by atoms with Gasteiger partial charge in [-0.15, -0.1) is 13.2 Å². The fourth-order valence-corrected chi connectivity index (χ4v) is 2.23. The second-order valence-corrected chi connectivity index (χ2v) is 6.01. The number of aromatic nitrogens is 1. The van der Waals surface area contributed by atoms with E-state index < -0.39 is 36.5 Å². The fraction of sp³-hybridized carbons (Fsp3) is 0.353. The second kappa shape index (κ2) is 8.11. The normalized spacial score (nSPS) is 12.7. The SMILES string of the molecule is CC(C)c1cc(C(=O)NC(CC(=O)O)c2ccc(OC(F)(F)F)cc2)on1. The monoisotopic (exact) mass is 386 g/mol. The van der Waals surface area contributed by atoms with Crippen LogP contribution in [0.2, 0.25) is 0 Å². The van der Waals surface area contributed by atoms with Gasteiger partial charge in [-0.05, 0) is 23.6 Å². The Morgan fingerprint density at radius 3 is 2.37 bits per heavy atom. The maximum Gasteiger partial charge on any atom is 0.573 e. The summed E-state index contributed by atoms with van der Waals surface area (Å²) in [4.78, 5) is 23.4. The van der Waals surface area contributed by atoms with E-state index in [2.05, 4.69) is 15.2 Å². The van der Waals surface area contributed by atoms with E-state index in [1.165, 1.54) is 18.2 Å². The van der Waals surface area contributed by atoms with Crippen LogP contribution >= 0.6 is 0 Å². The summed E-state index contributed by atoms with van der Waals surface area (Å²) < 4.78 is 45.4. The molecule has 10 heteroatoms. The number of halogens is 3. The molecule has 1 amide bonds. The maximum atomic E-state index is 12.3. The lowest BCUT2D eigenvalue weighted by molar-refractivity contribution is -0.274. The van der Waals surface area contributed by atoms with Crippen molar-refractivity contribution in [2.45, 2.75) is 38.6 Å². The van der Waals surface area contributed by atoms with E-state index in [0.717, 1.165) is 12.1 Å². The number of aliphatic carboxylic acids is 1. The molecule has 0 bridgehead atoms. The molecule has 1 aromatic heterocycles. The highest BCUT2D eigenvalue weighted by atomic mass is 19.4. The van der Waals surface area contributed by atoms with Gasteiger partial charge in [0.2, 0.25) is 5.76 Å². The summed E-state index contributed by atoms with van der Waals surface area (Å²) in [5.41, 5.74) is 0.854. The Morgan fingerprint density at radius 1 is 1.26 bits per heavy atom. The number of carbonyl (C=O) groups is 2. The van der Waals surface area contributed by atoms with Gasteiger partial charge in [-0.2, -0.15) is 0 Å². The molecular weight excluding hydrogens is 369 g/mol. The largest absolute Gasteiger partial charge is 0.573 e. The third-order valence-corrected chi connectivity index (χ3v) is 3.54. The Labute approximate surface area is 152 Å². The van der Waals surface area contributed by atoms with Crippen molar-refractivity contribution in [2.75, 3.05) is 0 Å². The summed E-state index contributed by atoms with van der Waals surface area (Å²) >= 11 is 0. The number of hydrogen-bond donors (Lipinski definition) is 2. The third kappa shape index (κ3) is 6.01. The molecule has 0 fully saturated rings. The lowest BCUT2D eigenvalue weighted by atomic mass is 10.0. The topological polar surface area (TPSA) is 102 Å². The van der Waals surface area contributed by atoms with Crippen molar-refractivity contribution in [2.24, 2.45) is 0 Å². The zero-order chi connectivity index (χ0) is 20.2.